The first-order chi connectivity index (χ1) is 12.4. The number of nitro benzene ring substituents is 1. The predicted octanol–water partition coefficient (Wildman–Crippen LogP) is 2.74. The molecule has 1 heterocycles. The molecule has 2 aromatic carbocycles. The van der Waals surface area contributed by atoms with Crippen LogP contribution in [0.5, 0.6) is 11.5 Å². The minimum absolute atomic E-state index is 0.0484. The summed E-state index contributed by atoms with van der Waals surface area (Å²) < 4.78 is 33.8. The van der Waals surface area contributed by atoms with E-state index in [2.05, 4.69) is 21.2 Å². The zero-order valence-electron chi connectivity index (χ0n) is 13.6. The van der Waals surface area contributed by atoms with Gasteiger partial charge in [-0.1, -0.05) is 22.0 Å². The summed E-state index contributed by atoms with van der Waals surface area (Å²) in [5, 5.41) is 14.2. The number of halogens is 1. The van der Waals surface area contributed by atoms with Crippen molar-refractivity contribution in [2.75, 3.05) is 26.2 Å². The van der Waals surface area contributed by atoms with E-state index in [4.69, 9.17) is 4.74 Å². The normalized spacial score (nSPS) is 15.6. The largest absolute Gasteiger partial charge is 0.456 e. The molecule has 1 aliphatic heterocycles. The number of hydrogen-bond acceptors (Lipinski definition) is 6. The van der Waals surface area contributed by atoms with Gasteiger partial charge in [0.25, 0.3) is 5.69 Å². The van der Waals surface area contributed by atoms with Crippen molar-refractivity contribution in [1.29, 1.82) is 0 Å². The van der Waals surface area contributed by atoms with Gasteiger partial charge < -0.3 is 10.1 Å². The van der Waals surface area contributed by atoms with E-state index in [1.807, 2.05) is 0 Å². The summed E-state index contributed by atoms with van der Waals surface area (Å²) in [6.07, 6.45) is 0. The first-order valence-corrected chi connectivity index (χ1v) is 10.0. The van der Waals surface area contributed by atoms with E-state index < -0.39 is 14.9 Å². The molecule has 0 radical (unpaired) electrons. The maximum Gasteiger partial charge on any atom is 0.271 e. The van der Waals surface area contributed by atoms with Crippen molar-refractivity contribution in [3.63, 3.8) is 0 Å². The summed E-state index contributed by atoms with van der Waals surface area (Å²) in [6, 6.07) is 10.5. The molecule has 3 rings (SSSR count). The Balaban J connectivity index is 2.05. The van der Waals surface area contributed by atoms with E-state index in [0.29, 0.717) is 31.9 Å². The lowest BCUT2D eigenvalue weighted by Crippen LogP contribution is -2.46. The van der Waals surface area contributed by atoms with Gasteiger partial charge in [-0.25, -0.2) is 8.42 Å². The van der Waals surface area contributed by atoms with E-state index in [-0.39, 0.29) is 16.3 Å². The molecule has 8 nitrogen and oxygen atoms in total. The van der Waals surface area contributed by atoms with Crippen molar-refractivity contribution in [1.82, 2.24) is 9.62 Å². The molecule has 2 aromatic rings. The molecule has 1 fully saturated rings. The van der Waals surface area contributed by atoms with E-state index in [1.54, 1.807) is 24.3 Å². The van der Waals surface area contributed by atoms with E-state index in [0.717, 1.165) is 10.5 Å². The highest BCUT2D eigenvalue weighted by atomic mass is 79.9. The fourth-order valence-electron chi connectivity index (χ4n) is 2.58. The maximum absolute atomic E-state index is 13.0. The molecular formula is C16H16BrN3O5S. The van der Waals surface area contributed by atoms with Gasteiger partial charge in [-0.2, -0.15) is 4.31 Å². The van der Waals surface area contributed by atoms with E-state index in [1.165, 1.54) is 16.4 Å². The molecule has 0 spiro atoms. The lowest BCUT2D eigenvalue weighted by Gasteiger charge is -2.27. The van der Waals surface area contributed by atoms with E-state index in [9.17, 15) is 18.5 Å². The minimum Gasteiger partial charge on any atom is -0.456 e. The smallest absolute Gasteiger partial charge is 0.271 e. The van der Waals surface area contributed by atoms with Gasteiger partial charge in [-0.3, -0.25) is 10.1 Å². The molecule has 10 heteroatoms. The van der Waals surface area contributed by atoms with Crippen LogP contribution in [0.4, 0.5) is 5.69 Å². The summed E-state index contributed by atoms with van der Waals surface area (Å²) in [4.78, 5) is 10.3. The predicted molar refractivity (Wildman–Crippen MR) is 98.9 cm³/mol. The van der Waals surface area contributed by atoms with Crippen molar-refractivity contribution < 1.29 is 18.1 Å². The average molecular weight is 442 g/mol. The van der Waals surface area contributed by atoms with Crippen molar-refractivity contribution in [2.45, 2.75) is 4.90 Å². The number of hydrogen-bond donors (Lipinski definition) is 1. The van der Waals surface area contributed by atoms with Crippen molar-refractivity contribution in [3.05, 3.63) is 57.1 Å². The summed E-state index contributed by atoms with van der Waals surface area (Å²) in [6.45, 7) is 1.63. The zero-order chi connectivity index (χ0) is 18.7. The Hall–Kier alpha value is -2.01. The number of piperazine rings is 1. The van der Waals surface area contributed by atoms with Crippen LogP contribution >= 0.6 is 15.9 Å². The second-order valence-electron chi connectivity index (χ2n) is 5.60. The number of non-ortho nitro benzene ring substituents is 1. The molecule has 26 heavy (non-hydrogen) atoms. The third-order valence-corrected chi connectivity index (χ3v) is 6.27. The van der Waals surface area contributed by atoms with Gasteiger partial charge in [0.05, 0.1) is 4.92 Å². The molecule has 0 aromatic heterocycles. The van der Waals surface area contributed by atoms with Gasteiger partial charge in [0.1, 0.15) is 16.4 Å². The fourth-order valence-corrected chi connectivity index (χ4v) is 4.53. The monoisotopic (exact) mass is 441 g/mol. The topological polar surface area (TPSA) is 102 Å². The lowest BCUT2D eigenvalue weighted by atomic mass is 10.3. The maximum atomic E-state index is 13.0. The van der Waals surface area contributed by atoms with Crippen LogP contribution in [0.3, 0.4) is 0 Å². The Morgan fingerprint density at radius 3 is 2.54 bits per heavy atom. The first kappa shape index (κ1) is 18.8. The van der Waals surface area contributed by atoms with Crippen molar-refractivity contribution in [2.24, 2.45) is 0 Å². The van der Waals surface area contributed by atoms with Crippen LogP contribution in [0, 0.1) is 10.1 Å². The molecule has 1 saturated heterocycles. The van der Waals surface area contributed by atoms with Crippen LogP contribution in [-0.4, -0.2) is 43.8 Å². The van der Waals surface area contributed by atoms with Gasteiger partial charge in [0, 0.05) is 42.8 Å². The number of sulfonamides is 1. The Bertz CT molecular complexity index is 929. The van der Waals surface area contributed by atoms with Crippen molar-refractivity contribution >= 4 is 31.6 Å². The Kier molecular flexibility index (Phi) is 5.56. The third-order valence-electron chi connectivity index (χ3n) is 3.86. The molecule has 1 N–H and O–H groups in total. The van der Waals surface area contributed by atoms with Gasteiger partial charge >= 0.3 is 0 Å². The van der Waals surface area contributed by atoms with Crippen LogP contribution in [0.2, 0.25) is 0 Å². The highest BCUT2D eigenvalue weighted by molar-refractivity contribution is 9.10. The van der Waals surface area contributed by atoms with Gasteiger partial charge in [-0.15, -0.1) is 0 Å². The molecule has 0 unspecified atom stereocenters. The third kappa shape index (κ3) is 4.04. The average Bonchev–Trinajstić information content (AvgIpc) is 2.62. The Morgan fingerprint density at radius 1 is 1.15 bits per heavy atom. The Labute approximate surface area is 159 Å². The van der Waals surface area contributed by atoms with Crippen LogP contribution in [0.15, 0.2) is 51.8 Å². The summed E-state index contributed by atoms with van der Waals surface area (Å²) in [7, 11) is -3.93. The highest BCUT2D eigenvalue weighted by Gasteiger charge is 2.31. The minimum atomic E-state index is -3.93. The molecular weight excluding hydrogens is 426 g/mol. The number of nitrogens with zero attached hydrogens (tertiary/aromatic N) is 2. The lowest BCUT2D eigenvalue weighted by molar-refractivity contribution is -0.385. The van der Waals surface area contributed by atoms with Crippen LogP contribution in [-0.2, 0) is 10.0 Å². The SMILES string of the molecule is O=[N+]([O-])c1ccc(Oc2cccc(Br)c2)c(S(=O)(=O)N2CCNCC2)c1. The van der Waals surface area contributed by atoms with E-state index >= 15 is 0 Å². The number of nitrogens with one attached hydrogen (secondary N) is 1. The van der Waals surface area contributed by atoms with Crippen LogP contribution < -0.4 is 10.1 Å². The van der Waals surface area contributed by atoms with Crippen molar-refractivity contribution in [3.8, 4) is 11.5 Å². The first-order valence-electron chi connectivity index (χ1n) is 7.80. The molecule has 0 saturated carbocycles. The quantitative estimate of drug-likeness (QED) is 0.565. The molecule has 138 valence electrons. The van der Waals surface area contributed by atoms with Crippen LogP contribution in [0.25, 0.3) is 0 Å². The number of ether oxygens (including phenoxy) is 1. The molecule has 0 atom stereocenters. The standard InChI is InChI=1S/C16H16BrN3O5S/c17-12-2-1-3-14(10-12)25-15-5-4-13(20(21)22)11-16(15)26(23,24)19-8-6-18-7-9-19/h1-5,10-11,18H,6-9H2. The van der Waals surface area contributed by atoms with Gasteiger partial charge in [0.15, 0.2) is 0 Å². The second-order valence-corrected chi connectivity index (χ2v) is 8.42. The highest BCUT2D eigenvalue weighted by Crippen LogP contribution is 2.34. The Morgan fingerprint density at radius 2 is 1.88 bits per heavy atom. The summed E-state index contributed by atoms with van der Waals surface area (Å²) >= 11 is 3.32. The van der Waals surface area contributed by atoms with Gasteiger partial charge in [0.2, 0.25) is 10.0 Å². The summed E-state index contributed by atoms with van der Waals surface area (Å²) in [5.41, 5.74) is -0.305. The summed E-state index contributed by atoms with van der Waals surface area (Å²) in [5.74, 6) is 0.470. The number of rotatable bonds is 5. The number of nitro groups is 1. The molecule has 1 aliphatic rings. The number of benzene rings is 2. The molecule has 0 amide bonds. The van der Waals surface area contributed by atoms with Gasteiger partial charge in [-0.05, 0) is 24.3 Å². The fraction of sp³-hybridized carbons (Fsp3) is 0.250. The zero-order valence-corrected chi connectivity index (χ0v) is 16.0. The molecule has 0 bridgehead atoms. The molecule has 0 aliphatic carbocycles. The van der Waals surface area contributed by atoms with Crippen LogP contribution in [0.1, 0.15) is 0 Å². The second kappa shape index (κ2) is 7.70.